The number of carboxylic acid groups (broad SMARTS) is 1. The number of pyridine rings is 1. The largest absolute Gasteiger partial charge is 0.478 e. The Bertz CT molecular complexity index is 1130. The van der Waals surface area contributed by atoms with E-state index in [4.69, 9.17) is 9.53 Å². The Balaban J connectivity index is 1.77. The maximum atomic E-state index is 11.1. The molecule has 0 amide bonds. The highest BCUT2D eigenvalue weighted by molar-refractivity contribution is 6.71. The van der Waals surface area contributed by atoms with Gasteiger partial charge >= 0.3 is 5.97 Å². The Labute approximate surface area is 204 Å². The van der Waals surface area contributed by atoms with Crippen molar-refractivity contribution in [3.63, 3.8) is 0 Å². The molecule has 1 N–H and O–H groups in total. The standard InChI is InChI=1S/C28H36N2O3Si/c1-5-6-17-34(3,4)33-16-15-30(26-19-25-9-7-8-10-27(25)29-20-26)21-22(2)18-23-11-13-24(14-12-23)28(31)32/h7-14,18-20H,5-6,15-17,21H2,1-4H3,(H,31,32). The summed E-state index contributed by atoms with van der Waals surface area (Å²) in [5, 5.41) is 10.2. The summed E-state index contributed by atoms with van der Waals surface area (Å²) >= 11 is 0. The number of aromatic carboxylic acids is 1. The number of unbranched alkanes of at least 4 members (excludes halogenated alkanes) is 1. The predicted molar refractivity (Wildman–Crippen MR) is 144 cm³/mol. The number of fused-ring (bicyclic) bond motifs is 1. The van der Waals surface area contributed by atoms with Crippen molar-refractivity contribution in [3.8, 4) is 0 Å². The van der Waals surface area contributed by atoms with Gasteiger partial charge < -0.3 is 14.4 Å². The molecular formula is C28H36N2O3Si. The van der Waals surface area contributed by atoms with E-state index in [9.17, 15) is 4.79 Å². The third-order valence-electron chi connectivity index (χ3n) is 5.94. The summed E-state index contributed by atoms with van der Waals surface area (Å²) in [6.07, 6.45) is 6.47. The molecule has 3 aromatic rings. The lowest BCUT2D eigenvalue weighted by molar-refractivity contribution is 0.0697. The third-order valence-corrected chi connectivity index (χ3v) is 8.48. The second-order valence-corrected chi connectivity index (χ2v) is 13.7. The van der Waals surface area contributed by atoms with Gasteiger partial charge in [0.15, 0.2) is 8.32 Å². The summed E-state index contributed by atoms with van der Waals surface area (Å²) in [5.74, 6) is -0.910. The van der Waals surface area contributed by atoms with Gasteiger partial charge in [0.25, 0.3) is 0 Å². The molecule has 0 aliphatic carbocycles. The zero-order valence-electron chi connectivity index (χ0n) is 20.8. The molecule has 0 saturated heterocycles. The molecular weight excluding hydrogens is 440 g/mol. The molecule has 2 aromatic carbocycles. The quantitative estimate of drug-likeness (QED) is 0.289. The lowest BCUT2D eigenvalue weighted by atomic mass is 10.1. The highest BCUT2D eigenvalue weighted by Crippen LogP contribution is 2.22. The fourth-order valence-electron chi connectivity index (χ4n) is 3.99. The molecule has 0 unspecified atom stereocenters. The number of rotatable bonds is 12. The zero-order valence-corrected chi connectivity index (χ0v) is 21.8. The molecule has 1 heterocycles. The Kier molecular flexibility index (Phi) is 9.02. The van der Waals surface area contributed by atoms with Crippen LogP contribution in [-0.4, -0.2) is 44.1 Å². The molecule has 0 aliphatic heterocycles. The van der Waals surface area contributed by atoms with Crippen LogP contribution in [0.2, 0.25) is 19.1 Å². The zero-order chi connectivity index (χ0) is 24.6. The van der Waals surface area contributed by atoms with Crippen molar-refractivity contribution in [2.75, 3.05) is 24.6 Å². The first-order valence-corrected chi connectivity index (χ1v) is 15.1. The van der Waals surface area contributed by atoms with E-state index in [1.165, 1.54) is 24.5 Å². The van der Waals surface area contributed by atoms with Gasteiger partial charge in [0.1, 0.15) is 0 Å². The van der Waals surface area contributed by atoms with Crippen LogP contribution < -0.4 is 4.90 Å². The van der Waals surface area contributed by atoms with Crippen molar-refractivity contribution in [2.45, 2.75) is 45.8 Å². The minimum absolute atomic E-state index is 0.297. The number of carboxylic acids is 1. The number of carbonyl (C=O) groups is 1. The van der Waals surface area contributed by atoms with Crippen LogP contribution in [0, 0.1) is 0 Å². The van der Waals surface area contributed by atoms with E-state index in [2.05, 4.69) is 55.0 Å². The van der Waals surface area contributed by atoms with Gasteiger partial charge in [0.2, 0.25) is 0 Å². The average molecular weight is 477 g/mol. The van der Waals surface area contributed by atoms with E-state index in [1.807, 2.05) is 36.5 Å². The van der Waals surface area contributed by atoms with Crippen molar-refractivity contribution in [2.24, 2.45) is 0 Å². The van der Waals surface area contributed by atoms with E-state index in [0.717, 1.165) is 35.2 Å². The van der Waals surface area contributed by atoms with Gasteiger partial charge in [-0.25, -0.2) is 4.79 Å². The van der Waals surface area contributed by atoms with Gasteiger partial charge in [-0.1, -0.05) is 61.7 Å². The maximum Gasteiger partial charge on any atom is 0.335 e. The molecule has 3 rings (SSSR count). The van der Waals surface area contributed by atoms with Crippen molar-refractivity contribution in [1.29, 1.82) is 0 Å². The molecule has 6 heteroatoms. The topological polar surface area (TPSA) is 62.7 Å². The molecule has 0 radical (unpaired) electrons. The number of benzene rings is 2. The van der Waals surface area contributed by atoms with E-state index < -0.39 is 14.3 Å². The van der Waals surface area contributed by atoms with E-state index >= 15 is 0 Å². The van der Waals surface area contributed by atoms with Gasteiger partial charge in [0, 0.05) is 18.5 Å². The molecule has 0 spiro atoms. The van der Waals surface area contributed by atoms with Crippen molar-refractivity contribution >= 4 is 37.0 Å². The van der Waals surface area contributed by atoms with Gasteiger partial charge in [-0.15, -0.1) is 0 Å². The number of hydrogen-bond donors (Lipinski definition) is 1. The highest BCUT2D eigenvalue weighted by atomic mass is 28.4. The van der Waals surface area contributed by atoms with Crippen molar-refractivity contribution < 1.29 is 14.3 Å². The number of aromatic nitrogens is 1. The second kappa shape index (κ2) is 11.9. The Hall–Kier alpha value is -2.96. The van der Waals surface area contributed by atoms with Crippen LogP contribution in [0.1, 0.15) is 42.6 Å². The van der Waals surface area contributed by atoms with Crippen LogP contribution in [0.5, 0.6) is 0 Å². The smallest absolute Gasteiger partial charge is 0.335 e. The van der Waals surface area contributed by atoms with Gasteiger partial charge in [-0.3, -0.25) is 4.98 Å². The minimum atomic E-state index is -1.66. The first-order valence-electron chi connectivity index (χ1n) is 12.0. The summed E-state index contributed by atoms with van der Waals surface area (Å²) in [5.41, 5.74) is 4.53. The number of anilines is 1. The summed E-state index contributed by atoms with van der Waals surface area (Å²) in [6.45, 7) is 11.1. The number of para-hydroxylation sites is 1. The molecule has 0 saturated carbocycles. The lowest BCUT2D eigenvalue weighted by Crippen LogP contribution is -2.36. The van der Waals surface area contributed by atoms with E-state index in [-0.39, 0.29) is 0 Å². The van der Waals surface area contributed by atoms with E-state index in [1.54, 1.807) is 12.1 Å². The summed E-state index contributed by atoms with van der Waals surface area (Å²) in [6, 6.07) is 18.5. The van der Waals surface area contributed by atoms with Crippen LogP contribution in [0.25, 0.3) is 17.0 Å². The Morgan fingerprint density at radius 1 is 1.15 bits per heavy atom. The first-order chi connectivity index (χ1) is 16.3. The first kappa shape index (κ1) is 25.7. The van der Waals surface area contributed by atoms with Gasteiger partial charge in [-0.2, -0.15) is 0 Å². The molecule has 1 aromatic heterocycles. The van der Waals surface area contributed by atoms with Crippen LogP contribution in [0.3, 0.4) is 0 Å². The molecule has 0 atom stereocenters. The fraction of sp³-hybridized carbons (Fsp3) is 0.357. The predicted octanol–water partition coefficient (Wildman–Crippen LogP) is 6.86. The van der Waals surface area contributed by atoms with Crippen LogP contribution >= 0.6 is 0 Å². The number of hydrogen-bond acceptors (Lipinski definition) is 4. The third kappa shape index (κ3) is 7.54. The number of nitrogens with zero attached hydrogens (tertiary/aromatic N) is 2. The molecule has 0 bridgehead atoms. The van der Waals surface area contributed by atoms with Gasteiger partial charge in [-0.05, 0) is 55.9 Å². The monoisotopic (exact) mass is 476 g/mol. The Morgan fingerprint density at radius 2 is 1.88 bits per heavy atom. The molecule has 0 aliphatic rings. The molecule has 180 valence electrons. The summed E-state index contributed by atoms with van der Waals surface area (Å²) in [7, 11) is -1.66. The molecule has 5 nitrogen and oxygen atoms in total. The van der Waals surface area contributed by atoms with Crippen LogP contribution in [0.4, 0.5) is 5.69 Å². The van der Waals surface area contributed by atoms with Crippen LogP contribution in [0.15, 0.2) is 66.4 Å². The lowest BCUT2D eigenvalue weighted by Gasteiger charge is -2.28. The average Bonchev–Trinajstić information content (AvgIpc) is 2.82. The van der Waals surface area contributed by atoms with E-state index in [0.29, 0.717) is 12.2 Å². The Morgan fingerprint density at radius 3 is 2.59 bits per heavy atom. The second-order valence-electron chi connectivity index (χ2n) is 9.44. The van der Waals surface area contributed by atoms with Gasteiger partial charge in [0.05, 0.1) is 29.6 Å². The van der Waals surface area contributed by atoms with Crippen LogP contribution in [-0.2, 0) is 4.43 Å². The summed E-state index contributed by atoms with van der Waals surface area (Å²) < 4.78 is 6.41. The maximum absolute atomic E-state index is 11.1. The SMILES string of the molecule is CCCC[Si](C)(C)OCCN(CC(C)=Cc1ccc(C(=O)O)cc1)c1cnc2ccccc2c1. The minimum Gasteiger partial charge on any atom is -0.478 e. The molecule has 34 heavy (non-hydrogen) atoms. The normalized spacial score (nSPS) is 12.2. The highest BCUT2D eigenvalue weighted by Gasteiger charge is 2.22. The van der Waals surface area contributed by atoms with Crippen molar-refractivity contribution in [3.05, 3.63) is 77.5 Å². The van der Waals surface area contributed by atoms with Crippen molar-refractivity contribution in [1.82, 2.24) is 4.98 Å². The molecule has 0 fully saturated rings. The fourth-order valence-corrected chi connectivity index (χ4v) is 5.98. The summed E-state index contributed by atoms with van der Waals surface area (Å²) in [4.78, 5) is 18.1.